The van der Waals surface area contributed by atoms with Gasteiger partial charge in [0.1, 0.15) is 0 Å². The molecule has 2 aliphatic rings. The van der Waals surface area contributed by atoms with Crippen LogP contribution in [0, 0.1) is 18.3 Å². The molecule has 2 atom stereocenters. The lowest BCUT2D eigenvalue weighted by molar-refractivity contribution is -0.123. The molecule has 2 amide bonds. The quantitative estimate of drug-likeness (QED) is 0.923. The van der Waals surface area contributed by atoms with Crippen molar-refractivity contribution in [3.63, 3.8) is 0 Å². The molecule has 134 valence electrons. The molecule has 5 nitrogen and oxygen atoms in total. The van der Waals surface area contributed by atoms with Crippen LogP contribution in [-0.4, -0.2) is 34.8 Å². The largest absolute Gasteiger partial charge is 0.352 e. The first-order chi connectivity index (χ1) is 12.6. The van der Waals surface area contributed by atoms with Gasteiger partial charge in [-0.15, -0.1) is 0 Å². The third-order valence-corrected chi connectivity index (χ3v) is 5.74. The summed E-state index contributed by atoms with van der Waals surface area (Å²) in [5, 5.41) is 3.01. The van der Waals surface area contributed by atoms with Crippen molar-refractivity contribution in [1.29, 1.82) is 0 Å². The molecule has 1 N–H and O–H groups in total. The second-order valence-electron chi connectivity index (χ2n) is 7.49. The van der Waals surface area contributed by atoms with Gasteiger partial charge in [0.15, 0.2) is 0 Å². The Hall–Kier alpha value is -2.69. The molecule has 26 heavy (non-hydrogen) atoms. The summed E-state index contributed by atoms with van der Waals surface area (Å²) in [6.07, 6.45) is 5.28. The zero-order chi connectivity index (χ0) is 18.1. The SMILES string of the molecule is Cc1ccccc1C(=O)N1CC[C@]2(C[C@@H]2C(=O)NCc2cccnc2)C1. The van der Waals surface area contributed by atoms with Crippen LogP contribution < -0.4 is 5.32 Å². The zero-order valence-electron chi connectivity index (χ0n) is 14.9. The molecule has 1 aromatic carbocycles. The molecule has 1 aromatic heterocycles. The number of hydrogen-bond acceptors (Lipinski definition) is 3. The molecule has 1 saturated heterocycles. The lowest BCUT2D eigenvalue weighted by Crippen LogP contribution is -2.31. The molecular formula is C21H23N3O2. The van der Waals surface area contributed by atoms with Crippen LogP contribution in [0.5, 0.6) is 0 Å². The monoisotopic (exact) mass is 349 g/mol. The molecule has 2 fully saturated rings. The molecule has 4 rings (SSSR count). The van der Waals surface area contributed by atoms with E-state index >= 15 is 0 Å². The summed E-state index contributed by atoms with van der Waals surface area (Å²) in [6, 6.07) is 11.5. The number of rotatable bonds is 4. The standard InChI is InChI=1S/C21H23N3O2/c1-15-5-2-3-7-17(15)20(26)24-10-8-21(14-24)11-18(21)19(25)23-13-16-6-4-9-22-12-16/h2-7,9,12,18H,8,10-11,13-14H2,1H3,(H,23,25)/t18-,21+/m1/s1. The summed E-state index contributed by atoms with van der Waals surface area (Å²) in [7, 11) is 0. The molecule has 1 spiro atoms. The van der Waals surface area contributed by atoms with Crippen LogP contribution in [0.1, 0.15) is 34.3 Å². The molecule has 2 aromatic rings. The molecular weight excluding hydrogens is 326 g/mol. The van der Waals surface area contributed by atoms with Crippen LogP contribution in [0.25, 0.3) is 0 Å². The minimum Gasteiger partial charge on any atom is -0.352 e. The number of amides is 2. The lowest BCUT2D eigenvalue weighted by Gasteiger charge is -2.18. The number of carbonyl (C=O) groups is 2. The van der Waals surface area contributed by atoms with Gasteiger partial charge in [-0.2, -0.15) is 0 Å². The van der Waals surface area contributed by atoms with Crippen LogP contribution in [0.15, 0.2) is 48.8 Å². The Morgan fingerprint density at radius 3 is 2.88 bits per heavy atom. The molecule has 5 heteroatoms. The molecule has 1 aliphatic heterocycles. The van der Waals surface area contributed by atoms with E-state index in [1.54, 1.807) is 12.4 Å². The predicted molar refractivity (Wildman–Crippen MR) is 98.3 cm³/mol. The van der Waals surface area contributed by atoms with Gasteiger partial charge in [-0.25, -0.2) is 0 Å². The fourth-order valence-corrected chi connectivity index (χ4v) is 4.04. The first-order valence-electron chi connectivity index (χ1n) is 9.11. The van der Waals surface area contributed by atoms with Crippen molar-refractivity contribution in [2.45, 2.75) is 26.3 Å². The number of nitrogens with zero attached hydrogens (tertiary/aromatic N) is 2. The molecule has 2 heterocycles. The van der Waals surface area contributed by atoms with Crippen LogP contribution in [0.2, 0.25) is 0 Å². The van der Waals surface area contributed by atoms with Crippen LogP contribution >= 0.6 is 0 Å². The number of benzene rings is 1. The van der Waals surface area contributed by atoms with Gasteiger partial charge in [0, 0.05) is 48.9 Å². The van der Waals surface area contributed by atoms with Crippen molar-refractivity contribution in [2.24, 2.45) is 11.3 Å². The normalized spacial score (nSPS) is 23.9. The minimum absolute atomic E-state index is 0.0165. The van der Waals surface area contributed by atoms with E-state index in [1.807, 2.05) is 48.2 Å². The summed E-state index contributed by atoms with van der Waals surface area (Å²) < 4.78 is 0. The topological polar surface area (TPSA) is 62.3 Å². The van der Waals surface area contributed by atoms with Crippen LogP contribution in [0.4, 0.5) is 0 Å². The van der Waals surface area contributed by atoms with E-state index in [-0.39, 0.29) is 23.1 Å². The van der Waals surface area contributed by atoms with Crippen LogP contribution in [0.3, 0.4) is 0 Å². The van der Waals surface area contributed by atoms with Crippen molar-refractivity contribution in [2.75, 3.05) is 13.1 Å². The second-order valence-corrected chi connectivity index (χ2v) is 7.49. The van der Waals surface area contributed by atoms with Gasteiger partial charge in [0.25, 0.3) is 5.91 Å². The summed E-state index contributed by atoms with van der Waals surface area (Å²) in [4.78, 5) is 31.3. The van der Waals surface area contributed by atoms with Crippen molar-refractivity contribution >= 4 is 11.8 Å². The number of hydrogen-bond donors (Lipinski definition) is 1. The van der Waals surface area contributed by atoms with Gasteiger partial charge >= 0.3 is 0 Å². The average Bonchev–Trinajstić information content (AvgIpc) is 3.20. The number of nitrogens with one attached hydrogen (secondary N) is 1. The summed E-state index contributed by atoms with van der Waals surface area (Å²) in [5.41, 5.74) is 2.75. The van der Waals surface area contributed by atoms with E-state index in [0.29, 0.717) is 13.1 Å². The van der Waals surface area contributed by atoms with E-state index in [9.17, 15) is 9.59 Å². The van der Waals surface area contributed by atoms with E-state index in [2.05, 4.69) is 10.3 Å². The van der Waals surface area contributed by atoms with Crippen molar-refractivity contribution < 1.29 is 9.59 Å². The number of pyridine rings is 1. The highest BCUT2D eigenvalue weighted by Crippen LogP contribution is 2.58. The fourth-order valence-electron chi connectivity index (χ4n) is 4.04. The van der Waals surface area contributed by atoms with Gasteiger partial charge in [-0.1, -0.05) is 24.3 Å². The van der Waals surface area contributed by atoms with Gasteiger partial charge in [-0.3, -0.25) is 14.6 Å². The summed E-state index contributed by atoms with van der Waals surface area (Å²) >= 11 is 0. The number of aromatic nitrogens is 1. The van der Waals surface area contributed by atoms with Gasteiger partial charge < -0.3 is 10.2 Å². The van der Waals surface area contributed by atoms with E-state index < -0.39 is 0 Å². The summed E-state index contributed by atoms with van der Waals surface area (Å²) in [5.74, 6) is 0.203. The van der Waals surface area contributed by atoms with Crippen molar-refractivity contribution in [3.8, 4) is 0 Å². The average molecular weight is 349 g/mol. The number of carbonyl (C=O) groups excluding carboxylic acids is 2. The molecule has 1 aliphatic carbocycles. The van der Waals surface area contributed by atoms with Gasteiger partial charge in [0.05, 0.1) is 0 Å². The molecule has 1 saturated carbocycles. The Morgan fingerprint density at radius 1 is 1.27 bits per heavy atom. The number of likely N-dealkylation sites (tertiary alicyclic amines) is 1. The van der Waals surface area contributed by atoms with Crippen molar-refractivity contribution in [1.82, 2.24) is 15.2 Å². The Labute approximate surface area is 153 Å². The smallest absolute Gasteiger partial charge is 0.254 e. The van der Waals surface area contributed by atoms with E-state index in [4.69, 9.17) is 0 Å². The third kappa shape index (κ3) is 3.09. The van der Waals surface area contributed by atoms with E-state index in [1.165, 1.54) is 0 Å². The first kappa shape index (κ1) is 16.8. The molecule has 0 radical (unpaired) electrons. The molecule has 0 unspecified atom stereocenters. The maximum Gasteiger partial charge on any atom is 0.254 e. The second kappa shape index (κ2) is 6.56. The Balaban J connectivity index is 1.35. The van der Waals surface area contributed by atoms with Crippen LogP contribution in [-0.2, 0) is 11.3 Å². The number of aryl methyl sites for hydroxylation is 1. The third-order valence-electron chi connectivity index (χ3n) is 5.74. The highest BCUT2D eigenvalue weighted by Gasteiger charge is 2.61. The highest BCUT2D eigenvalue weighted by atomic mass is 16.2. The molecule has 0 bridgehead atoms. The summed E-state index contributed by atoms with van der Waals surface area (Å²) in [6.45, 7) is 3.89. The zero-order valence-corrected chi connectivity index (χ0v) is 14.9. The first-order valence-corrected chi connectivity index (χ1v) is 9.11. The Kier molecular flexibility index (Phi) is 4.23. The van der Waals surface area contributed by atoms with Gasteiger partial charge in [0.2, 0.25) is 5.91 Å². The van der Waals surface area contributed by atoms with E-state index in [0.717, 1.165) is 36.1 Å². The highest BCUT2D eigenvalue weighted by molar-refractivity contribution is 5.96. The Morgan fingerprint density at radius 2 is 2.12 bits per heavy atom. The minimum atomic E-state index is -0.0165. The maximum atomic E-state index is 12.8. The Bertz CT molecular complexity index is 836. The lowest BCUT2D eigenvalue weighted by atomic mass is 10.0. The predicted octanol–water partition coefficient (Wildman–Crippen LogP) is 2.56. The fraction of sp³-hybridized carbons (Fsp3) is 0.381. The van der Waals surface area contributed by atoms with Crippen molar-refractivity contribution in [3.05, 3.63) is 65.5 Å². The van der Waals surface area contributed by atoms with Gasteiger partial charge in [-0.05, 0) is 43.0 Å². The maximum absolute atomic E-state index is 12.8.